The minimum Gasteiger partial charge on any atom is -0.317 e. The van der Waals surface area contributed by atoms with Gasteiger partial charge in [0.2, 0.25) is 0 Å². The first-order valence-corrected chi connectivity index (χ1v) is 8.03. The van der Waals surface area contributed by atoms with E-state index in [1.54, 1.807) is 0 Å². The van der Waals surface area contributed by atoms with E-state index in [0.29, 0.717) is 12.8 Å². The van der Waals surface area contributed by atoms with Gasteiger partial charge in [0, 0.05) is 0 Å². The van der Waals surface area contributed by atoms with Crippen molar-refractivity contribution in [3.63, 3.8) is 0 Å². The minimum absolute atomic E-state index is 0.210. The van der Waals surface area contributed by atoms with Crippen LogP contribution in [0.25, 0.3) is 0 Å². The van der Waals surface area contributed by atoms with Crippen molar-refractivity contribution in [1.29, 1.82) is 0 Å². The summed E-state index contributed by atoms with van der Waals surface area (Å²) in [5, 5.41) is 14.6. The number of rotatable bonds is 4. The second-order valence-electron chi connectivity index (χ2n) is 6.05. The van der Waals surface area contributed by atoms with E-state index in [1.807, 2.05) is 60.7 Å². The summed E-state index contributed by atoms with van der Waals surface area (Å²) < 4.78 is 0. The van der Waals surface area contributed by atoms with Crippen LogP contribution in [0, 0.1) is 0 Å². The summed E-state index contributed by atoms with van der Waals surface area (Å²) in [6.07, 6.45) is 1.39. The van der Waals surface area contributed by atoms with Crippen LogP contribution < -0.4 is 5.32 Å². The first kappa shape index (κ1) is 15.7. The third-order valence-corrected chi connectivity index (χ3v) is 4.60. The predicted octanol–water partition coefficient (Wildman–Crippen LogP) is 2.73. The topological polar surface area (TPSA) is 52.6 Å². The van der Waals surface area contributed by atoms with Crippen molar-refractivity contribution < 1.29 is 10.0 Å². The fourth-order valence-corrected chi connectivity index (χ4v) is 3.31. The average molecular weight is 310 g/mol. The standard InChI is InChI=1S/C19H22N2O2/c22-18(21(23)15-16-7-3-1-4-8-16)19(11-13-20-14-12-19)17-9-5-2-6-10-17/h1-10,20,23H,11-15H2. The van der Waals surface area contributed by atoms with Crippen LogP contribution in [0.4, 0.5) is 0 Å². The van der Waals surface area contributed by atoms with E-state index in [-0.39, 0.29) is 12.5 Å². The molecule has 2 aromatic rings. The molecule has 1 fully saturated rings. The van der Waals surface area contributed by atoms with Crippen molar-refractivity contribution in [2.24, 2.45) is 0 Å². The van der Waals surface area contributed by atoms with Crippen LogP contribution in [-0.4, -0.2) is 29.3 Å². The fraction of sp³-hybridized carbons (Fsp3) is 0.316. The summed E-state index contributed by atoms with van der Waals surface area (Å²) in [4.78, 5) is 13.1. The number of benzene rings is 2. The molecule has 0 saturated carbocycles. The van der Waals surface area contributed by atoms with E-state index in [0.717, 1.165) is 29.3 Å². The first-order valence-electron chi connectivity index (χ1n) is 8.03. The van der Waals surface area contributed by atoms with Gasteiger partial charge < -0.3 is 5.32 Å². The molecule has 2 N–H and O–H groups in total. The molecule has 1 amide bonds. The van der Waals surface area contributed by atoms with Crippen molar-refractivity contribution in [3.05, 3.63) is 71.8 Å². The number of piperidine rings is 1. The Morgan fingerprint density at radius 3 is 2.17 bits per heavy atom. The van der Waals surface area contributed by atoms with Crippen LogP contribution >= 0.6 is 0 Å². The minimum atomic E-state index is -0.643. The normalized spacial score (nSPS) is 16.7. The summed E-state index contributed by atoms with van der Waals surface area (Å²) in [6.45, 7) is 1.77. The summed E-state index contributed by atoms with van der Waals surface area (Å²) in [7, 11) is 0. The Kier molecular flexibility index (Phi) is 4.74. The Bertz CT molecular complexity index is 637. The smallest absolute Gasteiger partial charge is 0.256 e. The van der Waals surface area contributed by atoms with Crippen LogP contribution in [0.2, 0.25) is 0 Å². The maximum atomic E-state index is 13.1. The van der Waals surface area contributed by atoms with Gasteiger partial charge in [-0.05, 0) is 37.1 Å². The molecule has 3 rings (SSSR count). The third-order valence-electron chi connectivity index (χ3n) is 4.60. The summed E-state index contributed by atoms with van der Waals surface area (Å²) in [5.41, 5.74) is 1.26. The molecule has 4 nitrogen and oxygen atoms in total. The fourth-order valence-electron chi connectivity index (χ4n) is 3.31. The Morgan fingerprint density at radius 1 is 1.00 bits per heavy atom. The zero-order chi connectivity index (χ0) is 16.1. The Labute approximate surface area is 136 Å². The van der Waals surface area contributed by atoms with Crippen LogP contribution in [-0.2, 0) is 16.8 Å². The molecule has 1 aliphatic heterocycles. The number of nitrogens with zero attached hydrogens (tertiary/aromatic N) is 1. The Balaban J connectivity index is 1.86. The molecule has 120 valence electrons. The second-order valence-corrected chi connectivity index (χ2v) is 6.05. The second kappa shape index (κ2) is 6.94. The SMILES string of the molecule is O=C(N(O)Cc1ccccc1)C1(c2ccccc2)CCNCC1. The zero-order valence-corrected chi connectivity index (χ0v) is 13.1. The molecule has 0 radical (unpaired) electrons. The molecular weight excluding hydrogens is 288 g/mol. The summed E-state index contributed by atoms with van der Waals surface area (Å²) in [5.74, 6) is -0.214. The van der Waals surface area contributed by atoms with Gasteiger partial charge >= 0.3 is 0 Å². The highest BCUT2D eigenvalue weighted by atomic mass is 16.5. The number of hydrogen-bond donors (Lipinski definition) is 2. The summed E-state index contributed by atoms with van der Waals surface area (Å²) >= 11 is 0. The van der Waals surface area contributed by atoms with Crippen molar-refractivity contribution >= 4 is 5.91 Å². The lowest BCUT2D eigenvalue weighted by atomic mass is 9.72. The predicted molar refractivity (Wildman–Crippen MR) is 89.0 cm³/mol. The molecule has 0 spiro atoms. The molecule has 0 aromatic heterocycles. The van der Waals surface area contributed by atoms with Crippen LogP contribution in [0.15, 0.2) is 60.7 Å². The highest BCUT2D eigenvalue weighted by Crippen LogP contribution is 2.35. The van der Waals surface area contributed by atoms with Gasteiger partial charge in [-0.2, -0.15) is 0 Å². The number of hydroxylamine groups is 2. The van der Waals surface area contributed by atoms with E-state index in [2.05, 4.69) is 5.32 Å². The Morgan fingerprint density at radius 2 is 1.57 bits per heavy atom. The quantitative estimate of drug-likeness (QED) is 0.674. The molecule has 1 aliphatic rings. The lowest BCUT2D eigenvalue weighted by Gasteiger charge is -2.38. The molecule has 4 heteroatoms. The molecule has 0 unspecified atom stereocenters. The third kappa shape index (κ3) is 3.28. The van der Waals surface area contributed by atoms with Gasteiger partial charge in [0.1, 0.15) is 0 Å². The van der Waals surface area contributed by atoms with Crippen LogP contribution in [0.3, 0.4) is 0 Å². The van der Waals surface area contributed by atoms with Gasteiger partial charge in [0.05, 0.1) is 12.0 Å². The van der Waals surface area contributed by atoms with Crippen molar-refractivity contribution in [1.82, 2.24) is 10.4 Å². The molecule has 23 heavy (non-hydrogen) atoms. The number of carbonyl (C=O) groups excluding carboxylic acids is 1. The van der Waals surface area contributed by atoms with Gasteiger partial charge in [-0.25, -0.2) is 5.06 Å². The maximum Gasteiger partial charge on any atom is 0.256 e. The van der Waals surface area contributed by atoms with E-state index in [9.17, 15) is 10.0 Å². The number of amides is 1. The highest BCUT2D eigenvalue weighted by molar-refractivity contribution is 5.87. The maximum absolute atomic E-state index is 13.1. The molecule has 2 aromatic carbocycles. The molecule has 0 atom stereocenters. The lowest BCUT2D eigenvalue weighted by Crippen LogP contribution is -2.51. The van der Waals surface area contributed by atoms with Gasteiger partial charge in [-0.1, -0.05) is 60.7 Å². The van der Waals surface area contributed by atoms with Crippen molar-refractivity contribution in [2.75, 3.05) is 13.1 Å². The van der Waals surface area contributed by atoms with E-state index in [1.165, 1.54) is 0 Å². The number of nitrogens with one attached hydrogen (secondary N) is 1. The van der Waals surface area contributed by atoms with Crippen molar-refractivity contribution in [2.45, 2.75) is 24.8 Å². The first-order chi connectivity index (χ1) is 11.2. The summed E-state index contributed by atoms with van der Waals surface area (Å²) in [6, 6.07) is 19.4. The van der Waals surface area contributed by atoms with Crippen molar-refractivity contribution in [3.8, 4) is 0 Å². The zero-order valence-electron chi connectivity index (χ0n) is 13.1. The largest absolute Gasteiger partial charge is 0.317 e. The van der Waals surface area contributed by atoms with Gasteiger partial charge in [0.15, 0.2) is 0 Å². The molecular formula is C19H22N2O2. The Hall–Kier alpha value is -2.17. The lowest BCUT2D eigenvalue weighted by molar-refractivity contribution is -0.176. The van der Waals surface area contributed by atoms with E-state index in [4.69, 9.17) is 0 Å². The monoisotopic (exact) mass is 310 g/mol. The average Bonchev–Trinajstić information content (AvgIpc) is 2.63. The van der Waals surface area contributed by atoms with E-state index < -0.39 is 5.41 Å². The molecule has 1 heterocycles. The number of carbonyl (C=O) groups is 1. The van der Waals surface area contributed by atoms with Gasteiger partial charge in [0.25, 0.3) is 5.91 Å². The van der Waals surface area contributed by atoms with Crippen LogP contribution in [0.5, 0.6) is 0 Å². The molecule has 0 bridgehead atoms. The number of hydrogen-bond acceptors (Lipinski definition) is 3. The van der Waals surface area contributed by atoms with Gasteiger partial charge in [-0.3, -0.25) is 10.0 Å². The van der Waals surface area contributed by atoms with Gasteiger partial charge in [-0.15, -0.1) is 0 Å². The highest BCUT2D eigenvalue weighted by Gasteiger charge is 2.43. The van der Waals surface area contributed by atoms with E-state index >= 15 is 0 Å². The molecule has 1 saturated heterocycles. The van der Waals surface area contributed by atoms with Crippen LogP contribution in [0.1, 0.15) is 24.0 Å². The molecule has 0 aliphatic carbocycles.